The van der Waals surface area contributed by atoms with E-state index < -0.39 is 0 Å². The Morgan fingerprint density at radius 1 is 1.13 bits per heavy atom. The first kappa shape index (κ1) is 21.2. The standard InChI is InChI=1S/C23H35N7/c1-28-12-14-29(15-13-28)22-16-20(26-18-27-22)17-30(11-3-2-9-24)21-8-4-6-19-7-5-10-25-23(19)21/h5,7,10,16,18,21H,2-4,6,8-9,11-15,17,24H2,1H3. The minimum atomic E-state index is 0.356. The van der Waals surface area contributed by atoms with Gasteiger partial charge in [-0.2, -0.15) is 0 Å². The van der Waals surface area contributed by atoms with E-state index in [1.165, 1.54) is 17.7 Å². The molecular weight excluding hydrogens is 374 g/mol. The number of aromatic nitrogens is 3. The minimum Gasteiger partial charge on any atom is -0.354 e. The first-order valence-electron chi connectivity index (χ1n) is 11.4. The fourth-order valence-corrected chi connectivity index (χ4v) is 4.63. The largest absolute Gasteiger partial charge is 0.354 e. The van der Waals surface area contributed by atoms with E-state index >= 15 is 0 Å². The van der Waals surface area contributed by atoms with Crippen molar-refractivity contribution in [1.29, 1.82) is 0 Å². The number of anilines is 1. The van der Waals surface area contributed by atoms with Crippen molar-refractivity contribution in [3.63, 3.8) is 0 Å². The Labute approximate surface area is 180 Å². The van der Waals surface area contributed by atoms with Crippen LogP contribution in [0.3, 0.4) is 0 Å². The molecular formula is C23H35N7. The molecule has 162 valence electrons. The third kappa shape index (κ3) is 5.14. The van der Waals surface area contributed by atoms with Crippen LogP contribution in [0.4, 0.5) is 5.82 Å². The van der Waals surface area contributed by atoms with E-state index in [0.29, 0.717) is 6.04 Å². The highest BCUT2D eigenvalue weighted by Crippen LogP contribution is 2.34. The molecule has 1 fully saturated rings. The van der Waals surface area contributed by atoms with Gasteiger partial charge in [0.2, 0.25) is 0 Å². The molecule has 0 amide bonds. The highest BCUT2D eigenvalue weighted by atomic mass is 15.3. The molecule has 7 heteroatoms. The number of hydrogen-bond donors (Lipinski definition) is 1. The second-order valence-corrected chi connectivity index (χ2v) is 8.58. The second-order valence-electron chi connectivity index (χ2n) is 8.58. The summed E-state index contributed by atoms with van der Waals surface area (Å²) >= 11 is 0. The first-order valence-corrected chi connectivity index (χ1v) is 11.4. The highest BCUT2D eigenvalue weighted by Gasteiger charge is 2.27. The number of aryl methyl sites for hydroxylation is 1. The van der Waals surface area contributed by atoms with Gasteiger partial charge in [0, 0.05) is 45.0 Å². The third-order valence-electron chi connectivity index (χ3n) is 6.41. The normalized spacial score (nSPS) is 19.8. The maximum Gasteiger partial charge on any atom is 0.132 e. The zero-order chi connectivity index (χ0) is 20.8. The van der Waals surface area contributed by atoms with Gasteiger partial charge in [-0.3, -0.25) is 9.88 Å². The molecule has 2 aromatic rings. The minimum absolute atomic E-state index is 0.356. The number of fused-ring (bicyclic) bond motifs is 1. The number of likely N-dealkylation sites (N-methyl/N-ethyl adjacent to an activating group) is 1. The zero-order valence-electron chi connectivity index (χ0n) is 18.2. The number of nitrogens with zero attached hydrogens (tertiary/aromatic N) is 6. The first-order chi connectivity index (χ1) is 14.7. The number of hydrogen-bond acceptors (Lipinski definition) is 7. The molecule has 0 spiro atoms. The molecule has 1 aliphatic heterocycles. The molecule has 2 N–H and O–H groups in total. The predicted molar refractivity (Wildman–Crippen MR) is 120 cm³/mol. The Balaban J connectivity index is 1.52. The van der Waals surface area contributed by atoms with Crippen LogP contribution in [0, 0.1) is 0 Å². The lowest BCUT2D eigenvalue weighted by Crippen LogP contribution is -2.44. The second kappa shape index (κ2) is 10.3. The quantitative estimate of drug-likeness (QED) is 0.670. The molecule has 0 saturated carbocycles. The Hall–Kier alpha value is -2.09. The lowest BCUT2D eigenvalue weighted by Gasteiger charge is -2.35. The summed E-state index contributed by atoms with van der Waals surface area (Å²) in [5.41, 5.74) is 9.52. The fraction of sp³-hybridized carbons (Fsp3) is 0.609. The Kier molecular flexibility index (Phi) is 7.25. The van der Waals surface area contributed by atoms with Gasteiger partial charge in [0.15, 0.2) is 0 Å². The van der Waals surface area contributed by atoms with Crippen molar-refractivity contribution in [2.75, 3.05) is 51.2 Å². The number of nitrogens with two attached hydrogens (primary N) is 1. The Morgan fingerprint density at radius 2 is 2.00 bits per heavy atom. The molecule has 1 aliphatic carbocycles. The predicted octanol–water partition coefficient (Wildman–Crippen LogP) is 2.24. The van der Waals surface area contributed by atoms with Crippen LogP contribution in [0.15, 0.2) is 30.7 Å². The van der Waals surface area contributed by atoms with Crippen molar-refractivity contribution in [3.8, 4) is 0 Å². The average Bonchev–Trinajstić information content (AvgIpc) is 2.79. The summed E-state index contributed by atoms with van der Waals surface area (Å²) in [4.78, 5) is 21.3. The topological polar surface area (TPSA) is 74.4 Å². The summed E-state index contributed by atoms with van der Waals surface area (Å²) in [5.74, 6) is 1.05. The summed E-state index contributed by atoms with van der Waals surface area (Å²) < 4.78 is 0. The molecule has 1 saturated heterocycles. The lowest BCUT2D eigenvalue weighted by molar-refractivity contribution is 0.161. The molecule has 0 aromatic carbocycles. The number of pyridine rings is 1. The monoisotopic (exact) mass is 409 g/mol. The van der Waals surface area contributed by atoms with E-state index in [9.17, 15) is 0 Å². The van der Waals surface area contributed by atoms with Crippen molar-refractivity contribution >= 4 is 5.82 Å². The number of piperazine rings is 1. The molecule has 3 heterocycles. The lowest BCUT2D eigenvalue weighted by atomic mass is 9.90. The van der Waals surface area contributed by atoms with Crippen LogP contribution >= 0.6 is 0 Å². The maximum atomic E-state index is 5.77. The van der Waals surface area contributed by atoms with Crippen LogP contribution < -0.4 is 10.6 Å². The van der Waals surface area contributed by atoms with Crippen molar-refractivity contribution in [1.82, 2.24) is 24.8 Å². The van der Waals surface area contributed by atoms with Crippen molar-refractivity contribution in [2.45, 2.75) is 44.7 Å². The van der Waals surface area contributed by atoms with Gasteiger partial charge in [-0.1, -0.05) is 6.07 Å². The van der Waals surface area contributed by atoms with Crippen molar-refractivity contribution in [2.24, 2.45) is 5.73 Å². The van der Waals surface area contributed by atoms with Crippen LogP contribution in [0.1, 0.15) is 48.7 Å². The van der Waals surface area contributed by atoms with Crippen LogP contribution in [0.25, 0.3) is 0 Å². The van der Waals surface area contributed by atoms with E-state index in [2.05, 4.69) is 49.9 Å². The summed E-state index contributed by atoms with van der Waals surface area (Å²) in [7, 11) is 2.18. The molecule has 2 aromatic heterocycles. The zero-order valence-corrected chi connectivity index (χ0v) is 18.2. The molecule has 30 heavy (non-hydrogen) atoms. The fourth-order valence-electron chi connectivity index (χ4n) is 4.63. The molecule has 2 aliphatic rings. The van der Waals surface area contributed by atoms with Gasteiger partial charge >= 0.3 is 0 Å². The van der Waals surface area contributed by atoms with E-state index in [0.717, 1.165) is 83.0 Å². The summed E-state index contributed by atoms with van der Waals surface area (Å²) in [5, 5.41) is 0. The van der Waals surface area contributed by atoms with Gasteiger partial charge in [-0.15, -0.1) is 0 Å². The SMILES string of the molecule is CN1CCN(c2cc(CN(CCCCN)C3CCCc4cccnc43)ncn2)CC1. The van der Waals surface area contributed by atoms with Crippen LogP contribution in [0.2, 0.25) is 0 Å². The van der Waals surface area contributed by atoms with Crippen molar-refractivity contribution < 1.29 is 0 Å². The van der Waals surface area contributed by atoms with Gasteiger partial charge in [-0.05, 0) is 63.9 Å². The maximum absolute atomic E-state index is 5.77. The summed E-state index contributed by atoms with van der Waals surface area (Å²) in [6, 6.07) is 6.84. The van der Waals surface area contributed by atoms with Crippen LogP contribution in [0.5, 0.6) is 0 Å². The van der Waals surface area contributed by atoms with Gasteiger partial charge in [-0.25, -0.2) is 9.97 Å². The van der Waals surface area contributed by atoms with Crippen LogP contribution in [-0.4, -0.2) is 71.1 Å². The third-order valence-corrected chi connectivity index (χ3v) is 6.41. The van der Waals surface area contributed by atoms with Crippen LogP contribution in [-0.2, 0) is 13.0 Å². The van der Waals surface area contributed by atoms with Crippen molar-refractivity contribution in [3.05, 3.63) is 47.7 Å². The summed E-state index contributed by atoms with van der Waals surface area (Å²) in [6.07, 6.45) is 9.33. The van der Waals surface area contributed by atoms with E-state index in [1.807, 2.05) is 6.20 Å². The Morgan fingerprint density at radius 3 is 2.83 bits per heavy atom. The van der Waals surface area contributed by atoms with E-state index in [4.69, 9.17) is 10.7 Å². The average molecular weight is 410 g/mol. The molecule has 0 bridgehead atoms. The Bertz CT molecular complexity index is 804. The van der Waals surface area contributed by atoms with Gasteiger partial charge in [0.05, 0.1) is 17.4 Å². The van der Waals surface area contributed by atoms with Gasteiger partial charge < -0.3 is 15.5 Å². The number of unbranched alkanes of at least 4 members (excludes halogenated alkanes) is 1. The summed E-state index contributed by atoms with van der Waals surface area (Å²) in [6.45, 7) is 6.79. The number of rotatable bonds is 8. The molecule has 4 rings (SSSR count). The van der Waals surface area contributed by atoms with Gasteiger partial charge in [0.1, 0.15) is 12.1 Å². The molecule has 1 atom stereocenters. The molecule has 7 nitrogen and oxygen atoms in total. The smallest absolute Gasteiger partial charge is 0.132 e. The highest BCUT2D eigenvalue weighted by molar-refractivity contribution is 5.39. The molecule has 1 unspecified atom stereocenters. The van der Waals surface area contributed by atoms with E-state index in [1.54, 1.807) is 6.33 Å². The van der Waals surface area contributed by atoms with Gasteiger partial charge in [0.25, 0.3) is 0 Å². The van der Waals surface area contributed by atoms with E-state index in [-0.39, 0.29) is 0 Å². The molecule has 0 radical (unpaired) electrons.